The highest BCUT2D eigenvalue weighted by Gasteiger charge is 2.60. The lowest BCUT2D eigenvalue weighted by Crippen LogP contribution is -2.41. The maximum absolute atomic E-state index is 15.2. The minimum Gasteiger partial charge on any atom is -0.497 e. The number of carbonyl (C=O) groups excluding carboxylic acids is 2. The fourth-order valence-corrected chi connectivity index (χ4v) is 6.12. The van der Waals surface area contributed by atoms with Crippen LogP contribution in [0.3, 0.4) is 0 Å². The lowest BCUT2D eigenvalue weighted by Gasteiger charge is -2.32. The molecule has 6 rings (SSSR count). The van der Waals surface area contributed by atoms with Crippen molar-refractivity contribution in [1.82, 2.24) is 0 Å². The Labute approximate surface area is 251 Å². The molecule has 0 saturated heterocycles. The topological polar surface area (TPSA) is 68.2 Å². The van der Waals surface area contributed by atoms with Gasteiger partial charge in [-0.1, -0.05) is 80.1 Å². The first-order valence-corrected chi connectivity index (χ1v) is 14.4. The standard InChI is InChI=1S/C37H32N2O4/c1-4-11-29-24-32(25-12-7-5-8-13-25)37(33(29)26-16-18-28(19-17-26)35(40)43-3)34(27-20-22-31(42-2)23-21-27)38-39(36(37)41)30-14-9-6-10-15-30/h5-10,12-24H,4,11H2,1-3H3/t37-/m1/s1. The number of hydrogen-bond donors (Lipinski definition) is 0. The molecular formula is C37H32N2O4. The van der Waals surface area contributed by atoms with Gasteiger partial charge in [-0.15, -0.1) is 0 Å². The van der Waals surface area contributed by atoms with E-state index >= 15 is 4.79 Å². The number of benzene rings is 4. The molecule has 43 heavy (non-hydrogen) atoms. The number of hydrazone groups is 1. The van der Waals surface area contributed by atoms with Crippen LogP contribution < -0.4 is 9.75 Å². The van der Waals surface area contributed by atoms with E-state index in [2.05, 4.69) is 13.0 Å². The normalized spacial score (nSPS) is 17.7. The van der Waals surface area contributed by atoms with Crippen molar-refractivity contribution in [3.8, 4) is 5.75 Å². The largest absolute Gasteiger partial charge is 0.497 e. The number of allylic oxidation sites excluding steroid dienone is 2. The fourth-order valence-electron chi connectivity index (χ4n) is 6.12. The zero-order valence-corrected chi connectivity index (χ0v) is 24.4. The van der Waals surface area contributed by atoms with Gasteiger partial charge in [0.05, 0.1) is 31.2 Å². The van der Waals surface area contributed by atoms with Gasteiger partial charge in [0.1, 0.15) is 11.2 Å². The lowest BCUT2D eigenvalue weighted by molar-refractivity contribution is -0.120. The Kier molecular flexibility index (Phi) is 7.51. The van der Waals surface area contributed by atoms with Crippen molar-refractivity contribution in [2.75, 3.05) is 19.2 Å². The van der Waals surface area contributed by atoms with Crippen LogP contribution in [0.4, 0.5) is 5.69 Å². The molecule has 0 fully saturated rings. The van der Waals surface area contributed by atoms with E-state index in [0.717, 1.165) is 46.3 Å². The van der Waals surface area contributed by atoms with Gasteiger partial charge >= 0.3 is 5.97 Å². The van der Waals surface area contributed by atoms with E-state index in [4.69, 9.17) is 14.6 Å². The number of nitrogens with zero attached hydrogens (tertiary/aromatic N) is 2. The van der Waals surface area contributed by atoms with E-state index in [9.17, 15) is 4.79 Å². The van der Waals surface area contributed by atoms with Gasteiger partial charge in [0.15, 0.2) is 0 Å². The molecule has 0 radical (unpaired) electrons. The van der Waals surface area contributed by atoms with Crippen LogP contribution in [0.1, 0.15) is 46.8 Å². The SMILES string of the molecule is CCCC1=C(c2ccc(C(=O)OC)cc2)[C@]2(C(=O)N(c3ccccc3)N=C2c2ccc(OC)cc2)C(c2ccccc2)=C1. The number of para-hydroxylation sites is 1. The number of amides is 1. The summed E-state index contributed by atoms with van der Waals surface area (Å²) in [6, 6.07) is 34.6. The van der Waals surface area contributed by atoms with Crippen LogP contribution >= 0.6 is 0 Å². The van der Waals surface area contributed by atoms with Crippen LogP contribution in [0.5, 0.6) is 5.75 Å². The molecule has 1 amide bonds. The Balaban J connectivity index is 1.66. The smallest absolute Gasteiger partial charge is 0.337 e. The van der Waals surface area contributed by atoms with Crippen molar-refractivity contribution >= 4 is 34.4 Å². The molecule has 6 heteroatoms. The van der Waals surface area contributed by atoms with Gasteiger partial charge in [-0.3, -0.25) is 4.79 Å². The monoisotopic (exact) mass is 568 g/mol. The van der Waals surface area contributed by atoms with E-state index in [1.807, 2.05) is 97.1 Å². The molecule has 1 aliphatic carbocycles. The second-order valence-electron chi connectivity index (χ2n) is 10.5. The average molecular weight is 569 g/mol. The van der Waals surface area contributed by atoms with Crippen LogP contribution in [-0.2, 0) is 9.53 Å². The maximum atomic E-state index is 15.2. The summed E-state index contributed by atoms with van der Waals surface area (Å²) in [5.74, 6) is 0.151. The van der Waals surface area contributed by atoms with Gasteiger partial charge in [-0.2, -0.15) is 10.1 Å². The summed E-state index contributed by atoms with van der Waals surface area (Å²) in [5, 5.41) is 6.65. The molecule has 1 spiro atoms. The van der Waals surface area contributed by atoms with Crippen molar-refractivity contribution in [2.24, 2.45) is 10.5 Å². The van der Waals surface area contributed by atoms with Crippen molar-refractivity contribution < 1.29 is 19.1 Å². The molecule has 0 N–H and O–H groups in total. The molecule has 1 heterocycles. The van der Waals surface area contributed by atoms with Crippen LogP contribution in [0.2, 0.25) is 0 Å². The molecular weight excluding hydrogens is 536 g/mol. The summed E-state index contributed by atoms with van der Waals surface area (Å²) in [6.07, 6.45) is 3.83. The number of methoxy groups -OCH3 is 2. The number of ether oxygens (including phenoxy) is 2. The second-order valence-corrected chi connectivity index (χ2v) is 10.5. The predicted molar refractivity (Wildman–Crippen MR) is 170 cm³/mol. The molecule has 0 unspecified atom stereocenters. The van der Waals surface area contributed by atoms with Crippen LogP contribution in [0.25, 0.3) is 11.1 Å². The molecule has 214 valence electrons. The van der Waals surface area contributed by atoms with E-state index < -0.39 is 11.4 Å². The summed E-state index contributed by atoms with van der Waals surface area (Å²) in [5.41, 5.74) is 5.95. The quantitative estimate of drug-likeness (QED) is 0.206. The summed E-state index contributed by atoms with van der Waals surface area (Å²) in [6.45, 7) is 2.14. The third-order valence-electron chi connectivity index (χ3n) is 8.05. The van der Waals surface area contributed by atoms with Gasteiger partial charge < -0.3 is 9.47 Å². The number of rotatable bonds is 8. The van der Waals surface area contributed by atoms with Gasteiger partial charge in [0.25, 0.3) is 5.91 Å². The number of carbonyl (C=O) groups is 2. The lowest BCUT2D eigenvalue weighted by atomic mass is 9.66. The Hall–Kier alpha value is -5.23. The summed E-state index contributed by atoms with van der Waals surface area (Å²) in [7, 11) is 3.00. The van der Waals surface area contributed by atoms with E-state index in [-0.39, 0.29) is 5.91 Å². The second kappa shape index (κ2) is 11.6. The van der Waals surface area contributed by atoms with Crippen molar-refractivity contribution in [1.29, 1.82) is 0 Å². The summed E-state index contributed by atoms with van der Waals surface area (Å²) < 4.78 is 10.4. The first kappa shape index (κ1) is 27.9. The molecule has 1 atom stereocenters. The van der Waals surface area contributed by atoms with Crippen LogP contribution in [0.15, 0.2) is 126 Å². The number of hydrogen-bond acceptors (Lipinski definition) is 5. The molecule has 2 aliphatic rings. The molecule has 4 aromatic rings. The Morgan fingerprint density at radius 1 is 0.791 bits per heavy atom. The zero-order chi connectivity index (χ0) is 30.0. The molecule has 4 aromatic carbocycles. The van der Waals surface area contributed by atoms with Crippen LogP contribution in [-0.4, -0.2) is 31.8 Å². The molecule has 0 aromatic heterocycles. The third-order valence-corrected chi connectivity index (χ3v) is 8.05. The van der Waals surface area contributed by atoms with Crippen LogP contribution in [0, 0.1) is 5.41 Å². The highest BCUT2D eigenvalue weighted by atomic mass is 16.5. The van der Waals surface area contributed by atoms with E-state index in [1.165, 1.54) is 12.1 Å². The predicted octanol–water partition coefficient (Wildman–Crippen LogP) is 7.57. The first-order chi connectivity index (χ1) is 21.0. The van der Waals surface area contributed by atoms with Gasteiger partial charge in [-0.05, 0) is 88.4 Å². The maximum Gasteiger partial charge on any atom is 0.337 e. The fraction of sp³-hybridized carbons (Fsp3) is 0.162. The highest BCUT2D eigenvalue weighted by Crippen LogP contribution is 2.59. The van der Waals surface area contributed by atoms with E-state index in [1.54, 1.807) is 19.2 Å². The zero-order valence-electron chi connectivity index (χ0n) is 24.4. The molecule has 1 aliphatic heterocycles. The Morgan fingerprint density at radius 3 is 2.02 bits per heavy atom. The number of anilines is 1. The molecule has 6 nitrogen and oxygen atoms in total. The molecule has 0 bridgehead atoms. The van der Waals surface area contributed by atoms with Crippen molar-refractivity contribution in [2.45, 2.75) is 19.8 Å². The number of esters is 1. The van der Waals surface area contributed by atoms with Gasteiger partial charge in [0.2, 0.25) is 0 Å². The first-order valence-electron chi connectivity index (χ1n) is 14.4. The Morgan fingerprint density at radius 2 is 1.42 bits per heavy atom. The minimum absolute atomic E-state index is 0.155. The van der Waals surface area contributed by atoms with Crippen molar-refractivity contribution in [3.63, 3.8) is 0 Å². The Bertz CT molecular complexity index is 1760. The van der Waals surface area contributed by atoms with E-state index in [0.29, 0.717) is 22.7 Å². The van der Waals surface area contributed by atoms with Gasteiger partial charge in [-0.25, -0.2) is 4.79 Å². The third kappa shape index (κ3) is 4.65. The van der Waals surface area contributed by atoms with Gasteiger partial charge in [0, 0.05) is 0 Å². The minimum atomic E-state index is -1.25. The molecule has 0 saturated carbocycles. The summed E-state index contributed by atoms with van der Waals surface area (Å²) in [4.78, 5) is 27.5. The average Bonchev–Trinajstić information content (AvgIpc) is 3.56. The highest BCUT2D eigenvalue weighted by molar-refractivity contribution is 6.39. The summed E-state index contributed by atoms with van der Waals surface area (Å²) >= 11 is 0. The van der Waals surface area contributed by atoms with Crippen molar-refractivity contribution in [3.05, 3.63) is 143 Å².